The highest BCUT2D eigenvalue weighted by molar-refractivity contribution is 7.90. The number of benzene rings is 2. The zero-order valence-electron chi connectivity index (χ0n) is 23.0. The summed E-state index contributed by atoms with van der Waals surface area (Å²) in [5, 5.41) is 7.27. The fraction of sp³-hybridized carbons (Fsp3) is 0.258. The van der Waals surface area contributed by atoms with E-state index >= 15 is 0 Å². The zero-order chi connectivity index (χ0) is 29.3. The van der Waals surface area contributed by atoms with Crippen molar-refractivity contribution in [3.8, 4) is 16.4 Å². The number of carbonyl (C=O) groups excluding carboxylic acids is 1. The highest BCUT2D eigenvalue weighted by Gasteiger charge is 2.30. The number of nitrogens with zero attached hydrogens (tertiary/aromatic N) is 3. The highest BCUT2D eigenvalue weighted by Crippen LogP contribution is 2.39. The van der Waals surface area contributed by atoms with Gasteiger partial charge in [0.2, 0.25) is 10.0 Å². The Balaban J connectivity index is 1.71. The van der Waals surface area contributed by atoms with Crippen LogP contribution in [0.25, 0.3) is 22.0 Å². The van der Waals surface area contributed by atoms with E-state index in [1.54, 1.807) is 48.4 Å². The van der Waals surface area contributed by atoms with Crippen LogP contribution in [0.4, 0.5) is 14.5 Å². The normalized spacial score (nSPS) is 14.9. The first-order valence-electron chi connectivity index (χ1n) is 13.3. The monoisotopic (exact) mass is 593 g/mol. The average molecular weight is 594 g/mol. The number of allylic oxidation sites excluding steroid dienone is 4. The lowest BCUT2D eigenvalue weighted by Crippen LogP contribution is -2.06. The third-order valence-electron chi connectivity index (χ3n) is 7.19. The number of hydrogen-bond donors (Lipinski definition) is 2. The van der Waals surface area contributed by atoms with Crippen LogP contribution < -0.4 is 5.73 Å². The van der Waals surface area contributed by atoms with Crippen LogP contribution in [0.15, 0.2) is 64.7 Å². The molecule has 1 aliphatic rings. The molecular formula is C31H31F2N4O2S2+. The number of aldehydes is 1. The summed E-state index contributed by atoms with van der Waals surface area (Å²) in [4.78, 5) is 16.2. The Morgan fingerprint density at radius 1 is 1.22 bits per heavy atom. The number of rotatable bonds is 10. The van der Waals surface area contributed by atoms with E-state index in [1.807, 2.05) is 18.2 Å². The van der Waals surface area contributed by atoms with E-state index in [9.17, 15) is 18.1 Å². The lowest BCUT2D eigenvalue weighted by atomic mass is 9.94. The molecule has 10 heteroatoms. The third kappa shape index (κ3) is 6.05. The molecular weight excluding hydrogens is 562 g/mol. The SMILES string of the molecule is C/C=C(\C(F)=C/C)c1cc(-c2nn(-c3nc(C=O)cs3)c(CC3CC3)c2Cc2ccc([S+](C)O)c(F)c2)ccc1N. The second kappa shape index (κ2) is 12.1. The molecule has 0 aliphatic heterocycles. The van der Waals surface area contributed by atoms with Gasteiger partial charge in [-0.2, -0.15) is 9.65 Å². The summed E-state index contributed by atoms with van der Waals surface area (Å²) >= 11 is 0.129. The van der Waals surface area contributed by atoms with Gasteiger partial charge in [0, 0.05) is 39.8 Å². The molecule has 2 heterocycles. The summed E-state index contributed by atoms with van der Waals surface area (Å²) < 4.78 is 41.5. The molecule has 1 unspecified atom stereocenters. The molecule has 5 rings (SSSR count). The van der Waals surface area contributed by atoms with E-state index in [-0.39, 0.29) is 10.7 Å². The first kappa shape index (κ1) is 28.9. The van der Waals surface area contributed by atoms with Gasteiger partial charge in [-0.3, -0.25) is 4.79 Å². The van der Waals surface area contributed by atoms with E-state index in [0.717, 1.165) is 41.6 Å². The first-order chi connectivity index (χ1) is 19.7. The number of halogens is 2. The minimum absolute atomic E-state index is 0.264. The number of aromatic nitrogens is 3. The third-order valence-corrected chi connectivity index (χ3v) is 8.99. The molecule has 41 heavy (non-hydrogen) atoms. The average Bonchev–Trinajstić information content (AvgIpc) is 3.54. The van der Waals surface area contributed by atoms with E-state index in [1.165, 1.54) is 23.5 Å². The van der Waals surface area contributed by atoms with Crippen LogP contribution in [0.5, 0.6) is 0 Å². The number of thiazole rings is 1. The number of nitrogen functional groups attached to an aromatic ring is 1. The molecule has 1 aliphatic carbocycles. The van der Waals surface area contributed by atoms with Crippen LogP contribution >= 0.6 is 11.3 Å². The molecule has 0 radical (unpaired) electrons. The standard InChI is InChI=1S/C31H31F2N4O2S2/c1-4-22(25(32)5-2)23-15-20(9-10-27(23)34)30-24(12-19-8-11-29(41(3)39)26(33)13-19)28(14-18-6-7-18)37(36-30)31-35-21(16-38)17-40-31/h4-5,8-11,13,15-18,39H,6-7,12,14,34H2,1-3H3/q+1/b22-4-,25-5+. The van der Waals surface area contributed by atoms with Gasteiger partial charge in [-0.15, -0.1) is 11.3 Å². The quantitative estimate of drug-likeness (QED) is 0.0863. The Labute approximate surface area is 244 Å². The highest BCUT2D eigenvalue weighted by atomic mass is 32.2. The van der Waals surface area contributed by atoms with Crippen molar-refractivity contribution in [3.05, 3.63) is 93.7 Å². The van der Waals surface area contributed by atoms with E-state index in [2.05, 4.69) is 4.98 Å². The Kier molecular flexibility index (Phi) is 8.53. The molecule has 3 N–H and O–H groups in total. The van der Waals surface area contributed by atoms with Gasteiger partial charge in [0.25, 0.3) is 0 Å². The molecule has 1 fully saturated rings. The van der Waals surface area contributed by atoms with E-state index in [0.29, 0.717) is 52.0 Å². The molecule has 2 aromatic carbocycles. The largest absolute Gasteiger partial charge is 0.398 e. The molecule has 1 atom stereocenters. The number of nitrogens with two attached hydrogens (primary N) is 1. The van der Waals surface area contributed by atoms with Crippen molar-refractivity contribution in [1.82, 2.24) is 14.8 Å². The molecule has 0 bridgehead atoms. The van der Waals surface area contributed by atoms with Gasteiger partial charge in [0.1, 0.15) is 17.8 Å². The van der Waals surface area contributed by atoms with Crippen LogP contribution in [-0.2, 0) is 24.0 Å². The second-order valence-corrected chi connectivity index (χ2v) is 12.3. The second-order valence-electron chi connectivity index (χ2n) is 10.1. The van der Waals surface area contributed by atoms with Crippen LogP contribution in [0.1, 0.15) is 59.6 Å². The Morgan fingerprint density at radius 2 is 2.00 bits per heavy atom. The van der Waals surface area contributed by atoms with Crippen LogP contribution in [0, 0.1) is 11.7 Å². The van der Waals surface area contributed by atoms with Crippen LogP contribution in [0.3, 0.4) is 0 Å². The Bertz CT molecular complexity index is 1670. The molecule has 4 aromatic rings. The fourth-order valence-electron chi connectivity index (χ4n) is 4.91. The maximum atomic E-state index is 14.9. The lowest BCUT2D eigenvalue weighted by Gasteiger charge is -2.12. The molecule has 2 aromatic heterocycles. The molecule has 1 saturated carbocycles. The van der Waals surface area contributed by atoms with Gasteiger partial charge in [0.05, 0.1) is 11.4 Å². The number of anilines is 1. The summed E-state index contributed by atoms with van der Waals surface area (Å²) in [7, 11) is 0. The van der Waals surface area contributed by atoms with Crippen molar-refractivity contribution in [2.24, 2.45) is 5.92 Å². The predicted molar refractivity (Wildman–Crippen MR) is 163 cm³/mol. The summed E-state index contributed by atoms with van der Waals surface area (Å²) in [6.07, 6.45) is 8.70. The summed E-state index contributed by atoms with van der Waals surface area (Å²) in [5.74, 6) is -0.341. The zero-order valence-corrected chi connectivity index (χ0v) is 24.7. The van der Waals surface area contributed by atoms with Crippen molar-refractivity contribution in [1.29, 1.82) is 0 Å². The van der Waals surface area contributed by atoms with Gasteiger partial charge in [0.15, 0.2) is 23.3 Å². The molecule has 212 valence electrons. The van der Waals surface area contributed by atoms with Crippen molar-refractivity contribution in [2.75, 3.05) is 12.0 Å². The smallest absolute Gasteiger partial charge is 0.225 e. The predicted octanol–water partition coefficient (Wildman–Crippen LogP) is 7.43. The lowest BCUT2D eigenvalue weighted by molar-refractivity contribution is 0.111. The van der Waals surface area contributed by atoms with Gasteiger partial charge in [-0.05, 0) is 68.9 Å². The molecule has 6 nitrogen and oxygen atoms in total. The van der Waals surface area contributed by atoms with Crippen molar-refractivity contribution in [3.63, 3.8) is 0 Å². The molecule has 0 amide bonds. The minimum Gasteiger partial charge on any atom is -0.398 e. The summed E-state index contributed by atoms with van der Waals surface area (Å²) in [6.45, 7) is 3.39. The van der Waals surface area contributed by atoms with E-state index < -0.39 is 17.0 Å². The summed E-state index contributed by atoms with van der Waals surface area (Å²) in [6, 6.07) is 10.3. The maximum absolute atomic E-state index is 14.9. The topological polar surface area (TPSA) is 94.0 Å². The van der Waals surface area contributed by atoms with Gasteiger partial charge in [-0.1, -0.05) is 24.3 Å². The van der Waals surface area contributed by atoms with Gasteiger partial charge in [-0.25, -0.2) is 18.4 Å². The van der Waals surface area contributed by atoms with Gasteiger partial charge < -0.3 is 5.73 Å². The summed E-state index contributed by atoms with van der Waals surface area (Å²) in [5.41, 5.74) is 12.0. The molecule has 0 saturated heterocycles. The maximum Gasteiger partial charge on any atom is 0.225 e. The van der Waals surface area contributed by atoms with Gasteiger partial charge >= 0.3 is 0 Å². The first-order valence-corrected chi connectivity index (χ1v) is 15.7. The fourth-order valence-corrected chi connectivity index (χ4v) is 6.26. The molecule has 0 spiro atoms. The number of carbonyl (C=O) groups is 1. The number of hydrogen-bond acceptors (Lipinski definition) is 6. The van der Waals surface area contributed by atoms with Crippen molar-refractivity contribution < 1.29 is 18.1 Å². The Hall–Kier alpha value is -3.60. The van der Waals surface area contributed by atoms with Crippen molar-refractivity contribution in [2.45, 2.75) is 44.4 Å². The van der Waals surface area contributed by atoms with Crippen molar-refractivity contribution >= 4 is 40.1 Å². The van der Waals surface area contributed by atoms with Crippen LogP contribution in [0.2, 0.25) is 0 Å². The Morgan fingerprint density at radius 3 is 2.61 bits per heavy atom. The van der Waals surface area contributed by atoms with E-state index in [4.69, 9.17) is 10.8 Å². The van der Waals surface area contributed by atoms with Crippen LogP contribution in [-0.4, -0.2) is 31.9 Å². The minimum atomic E-state index is -1.20.